The van der Waals surface area contributed by atoms with Crippen LogP contribution in [-0.2, 0) is 0 Å². The summed E-state index contributed by atoms with van der Waals surface area (Å²) >= 11 is 1.95. The molecule has 0 saturated carbocycles. The van der Waals surface area contributed by atoms with Gasteiger partial charge in [0.15, 0.2) is 0 Å². The van der Waals surface area contributed by atoms with E-state index in [-0.39, 0.29) is 0 Å². The fourth-order valence-corrected chi connectivity index (χ4v) is 3.86. The maximum atomic E-state index is 4.42. The van der Waals surface area contributed by atoms with Crippen molar-refractivity contribution >= 4 is 11.8 Å². The number of nitrogens with zero attached hydrogens (tertiary/aromatic N) is 2. The Hall–Kier alpha value is -0.470. The Bertz CT molecular complexity index is 322. The lowest BCUT2D eigenvalue weighted by Crippen LogP contribution is -2.67. The van der Waals surface area contributed by atoms with Gasteiger partial charge in [-0.2, -0.15) is 0 Å². The number of hydrogen-bond acceptors (Lipinski definition) is 2. The Morgan fingerprint density at radius 3 is 2.47 bits per heavy atom. The molecule has 3 rings (SSSR count). The van der Waals surface area contributed by atoms with Gasteiger partial charge in [-0.25, -0.2) is 0 Å². The fraction of sp³-hybridized carbons (Fsp3) is 0.643. The first kappa shape index (κ1) is 13.0. The molecule has 3 heteroatoms. The third-order valence-electron chi connectivity index (χ3n) is 4.09. The maximum absolute atomic E-state index is 4.42. The molecule has 0 aliphatic carbocycles. The molecule has 0 N–H and O–H groups in total. The second-order valence-corrected chi connectivity index (χ2v) is 6.31. The molecule has 2 nitrogen and oxygen atoms in total. The molecule has 0 radical (unpaired) electrons. The van der Waals surface area contributed by atoms with Crippen LogP contribution in [0.15, 0.2) is 30.7 Å². The van der Waals surface area contributed by atoms with E-state index < -0.39 is 0 Å². The van der Waals surface area contributed by atoms with Crippen LogP contribution >= 0.6 is 11.8 Å². The molecule has 0 amide bonds. The Kier molecular flexibility index (Phi) is 4.16. The quantitative estimate of drug-likeness (QED) is 0.544. The van der Waals surface area contributed by atoms with Gasteiger partial charge in [0.2, 0.25) is 0 Å². The fourth-order valence-electron chi connectivity index (χ4n) is 2.90. The van der Waals surface area contributed by atoms with Crippen molar-refractivity contribution in [3.63, 3.8) is 0 Å². The van der Waals surface area contributed by atoms with Crippen molar-refractivity contribution in [1.29, 1.82) is 0 Å². The maximum Gasteiger partial charge on any atom is 0.119 e. The second kappa shape index (κ2) is 5.45. The zero-order valence-corrected chi connectivity index (χ0v) is 11.6. The number of quaternary nitrogens is 1. The average molecular weight is 251 g/mol. The summed E-state index contributed by atoms with van der Waals surface area (Å²) in [6.45, 7) is 17.8. The van der Waals surface area contributed by atoms with Gasteiger partial charge in [0.1, 0.15) is 10.9 Å². The van der Waals surface area contributed by atoms with Crippen LogP contribution in [0.3, 0.4) is 0 Å². The van der Waals surface area contributed by atoms with Crippen LogP contribution in [0.2, 0.25) is 0 Å². The smallest absolute Gasteiger partial charge is 0.119 e. The van der Waals surface area contributed by atoms with Crippen LogP contribution in [0.5, 0.6) is 0 Å². The van der Waals surface area contributed by atoms with Crippen molar-refractivity contribution in [3.05, 3.63) is 30.7 Å². The van der Waals surface area contributed by atoms with Gasteiger partial charge in [0, 0.05) is 19.6 Å². The normalized spacial score (nSPS) is 32.9. The van der Waals surface area contributed by atoms with Gasteiger partial charge in [-0.1, -0.05) is 13.5 Å². The van der Waals surface area contributed by atoms with E-state index in [1.165, 1.54) is 45.0 Å². The van der Waals surface area contributed by atoms with Crippen molar-refractivity contribution in [1.82, 2.24) is 4.90 Å². The molecule has 3 aliphatic heterocycles. The molecule has 17 heavy (non-hydrogen) atoms. The highest BCUT2D eigenvalue weighted by molar-refractivity contribution is 8.00. The van der Waals surface area contributed by atoms with Crippen LogP contribution in [0.4, 0.5) is 0 Å². The lowest BCUT2D eigenvalue weighted by Gasteiger charge is -2.51. The molecule has 0 spiro atoms. The summed E-state index contributed by atoms with van der Waals surface area (Å²) in [5.41, 5.74) is 4.32. The van der Waals surface area contributed by atoms with E-state index in [1.54, 1.807) is 0 Å². The van der Waals surface area contributed by atoms with Crippen LogP contribution in [0, 0.1) is 0 Å². The summed E-state index contributed by atoms with van der Waals surface area (Å²) in [7, 11) is 0. The zero-order chi connectivity index (χ0) is 12.3. The third-order valence-corrected chi connectivity index (χ3v) is 5.19. The summed E-state index contributed by atoms with van der Waals surface area (Å²) in [6.07, 6.45) is 2.09. The second-order valence-electron chi connectivity index (χ2n) is 4.90. The highest BCUT2D eigenvalue weighted by atomic mass is 32.2. The molecule has 3 heterocycles. The van der Waals surface area contributed by atoms with Crippen molar-refractivity contribution < 1.29 is 4.48 Å². The van der Waals surface area contributed by atoms with Gasteiger partial charge in [0.25, 0.3) is 0 Å². The molecular formula is C14H23N2S+. The third kappa shape index (κ3) is 2.53. The van der Waals surface area contributed by atoms with Gasteiger partial charge in [-0.05, 0) is 18.4 Å². The summed E-state index contributed by atoms with van der Waals surface area (Å²) in [6, 6.07) is 0. The van der Waals surface area contributed by atoms with E-state index in [0.717, 1.165) is 10.2 Å². The molecule has 1 atom stereocenters. The lowest BCUT2D eigenvalue weighted by atomic mass is 10.1. The topological polar surface area (TPSA) is 3.24 Å². The Morgan fingerprint density at radius 2 is 2.00 bits per heavy atom. The minimum Gasteiger partial charge on any atom is -0.291 e. The largest absolute Gasteiger partial charge is 0.291 e. The molecule has 3 aliphatic rings. The number of piperazine rings is 3. The van der Waals surface area contributed by atoms with Gasteiger partial charge in [-0.15, -0.1) is 17.5 Å². The number of hydrogen-bond donors (Lipinski definition) is 0. The predicted molar refractivity (Wildman–Crippen MR) is 76.1 cm³/mol. The highest BCUT2D eigenvalue weighted by Crippen LogP contribution is 2.32. The lowest BCUT2D eigenvalue weighted by molar-refractivity contribution is -0.906. The molecule has 3 fully saturated rings. The van der Waals surface area contributed by atoms with E-state index in [0.29, 0.717) is 5.25 Å². The first-order valence-corrected chi connectivity index (χ1v) is 7.52. The van der Waals surface area contributed by atoms with Gasteiger partial charge < -0.3 is 0 Å². The van der Waals surface area contributed by atoms with E-state index in [9.17, 15) is 0 Å². The molecule has 3 saturated heterocycles. The van der Waals surface area contributed by atoms with E-state index >= 15 is 0 Å². The molecule has 2 bridgehead atoms. The number of rotatable bonds is 5. The predicted octanol–water partition coefficient (Wildman–Crippen LogP) is 2.11. The summed E-state index contributed by atoms with van der Waals surface area (Å²) in [5, 5.41) is 0.391. The molecule has 0 aromatic rings. The SMILES string of the molecule is C=C=CC(SCC)C(=C)[N+]12CCN(CC1)CC2. The zero-order valence-electron chi connectivity index (χ0n) is 10.8. The van der Waals surface area contributed by atoms with E-state index in [2.05, 4.69) is 36.8 Å². The highest BCUT2D eigenvalue weighted by Gasteiger charge is 2.42. The standard InChI is InChI=1S/C14H23N2S/c1-4-6-14(17-5-2)13(3)16-10-7-15(8-11-16)9-12-16/h6,14H,1,3,5,7-12H2,2H3/q+1. The van der Waals surface area contributed by atoms with Crippen molar-refractivity contribution in [2.24, 2.45) is 0 Å². The van der Waals surface area contributed by atoms with Crippen molar-refractivity contribution in [3.8, 4) is 0 Å². The summed E-state index contributed by atoms with van der Waals surface area (Å²) < 4.78 is 1.13. The molecule has 94 valence electrons. The van der Waals surface area contributed by atoms with Gasteiger partial charge in [0.05, 0.1) is 19.6 Å². The first-order valence-electron chi connectivity index (χ1n) is 6.47. The van der Waals surface area contributed by atoms with E-state index in [1.807, 2.05) is 11.8 Å². The van der Waals surface area contributed by atoms with Gasteiger partial charge in [-0.3, -0.25) is 9.38 Å². The van der Waals surface area contributed by atoms with Crippen LogP contribution in [-0.4, -0.2) is 59.7 Å². The van der Waals surface area contributed by atoms with Crippen molar-refractivity contribution in [2.45, 2.75) is 12.2 Å². The minimum absolute atomic E-state index is 0.391. The summed E-state index contributed by atoms with van der Waals surface area (Å²) in [5.74, 6) is 1.12. The Morgan fingerprint density at radius 1 is 1.41 bits per heavy atom. The van der Waals surface area contributed by atoms with Crippen LogP contribution < -0.4 is 0 Å². The van der Waals surface area contributed by atoms with Crippen molar-refractivity contribution in [2.75, 3.05) is 45.0 Å². The molecule has 1 unspecified atom stereocenters. The van der Waals surface area contributed by atoms with Crippen LogP contribution in [0.25, 0.3) is 0 Å². The Balaban J connectivity index is 2.13. The Labute approximate surface area is 109 Å². The van der Waals surface area contributed by atoms with Crippen LogP contribution in [0.1, 0.15) is 6.92 Å². The minimum atomic E-state index is 0.391. The van der Waals surface area contributed by atoms with E-state index in [4.69, 9.17) is 0 Å². The number of thioether (sulfide) groups is 1. The molecule has 0 aromatic carbocycles. The molecule has 0 aromatic heterocycles. The summed E-state index contributed by atoms with van der Waals surface area (Å²) in [4.78, 5) is 2.57. The first-order chi connectivity index (χ1) is 8.22. The monoisotopic (exact) mass is 251 g/mol. The molecular weight excluding hydrogens is 228 g/mol. The van der Waals surface area contributed by atoms with Gasteiger partial charge >= 0.3 is 0 Å². The number of fused-ring (bicyclic) bond motifs is 3. The average Bonchev–Trinajstić information content (AvgIpc) is 2.40.